The van der Waals surface area contributed by atoms with E-state index in [2.05, 4.69) is 24.1 Å². The van der Waals surface area contributed by atoms with Crippen LogP contribution >= 0.6 is 0 Å². The summed E-state index contributed by atoms with van der Waals surface area (Å²) in [5, 5.41) is 2.78. The molecule has 1 aliphatic heterocycles. The lowest BCUT2D eigenvalue weighted by Crippen LogP contribution is -2.56. The summed E-state index contributed by atoms with van der Waals surface area (Å²) in [6.45, 7) is 5.63. The molecule has 2 amide bonds. The van der Waals surface area contributed by atoms with Gasteiger partial charge in [0, 0.05) is 13.1 Å². The Morgan fingerprint density at radius 2 is 2.18 bits per heavy atom. The molecule has 0 bridgehead atoms. The van der Waals surface area contributed by atoms with Gasteiger partial charge in [0.05, 0.1) is 13.3 Å². The predicted octanol–water partition coefficient (Wildman–Crippen LogP) is 0.267. The van der Waals surface area contributed by atoms with Crippen LogP contribution in [0.25, 0.3) is 0 Å². The van der Waals surface area contributed by atoms with E-state index in [0.29, 0.717) is 12.7 Å². The summed E-state index contributed by atoms with van der Waals surface area (Å²) in [6, 6.07) is 0.500. The largest absolute Gasteiger partial charge is 0.325 e. The van der Waals surface area contributed by atoms with E-state index in [0.717, 1.165) is 6.67 Å². The average Bonchev–Trinajstić information content (AvgIpc) is 1.94. The molecule has 1 saturated heterocycles. The Morgan fingerprint density at radius 3 is 2.64 bits per heavy atom. The fourth-order valence-corrected chi connectivity index (χ4v) is 1.04. The summed E-state index contributed by atoms with van der Waals surface area (Å²) < 4.78 is 0. The van der Waals surface area contributed by atoms with Gasteiger partial charge in [-0.1, -0.05) is 0 Å². The van der Waals surface area contributed by atoms with E-state index in [9.17, 15) is 4.79 Å². The van der Waals surface area contributed by atoms with E-state index in [4.69, 9.17) is 0 Å². The van der Waals surface area contributed by atoms with Crippen LogP contribution in [-0.4, -0.2) is 42.3 Å². The SMILES string of the molecule is CC(C)N1CNC(=O)N(C)C1. The van der Waals surface area contributed by atoms with Crippen molar-refractivity contribution in [1.82, 2.24) is 15.1 Å². The highest BCUT2D eigenvalue weighted by Crippen LogP contribution is 2.02. The van der Waals surface area contributed by atoms with Crippen LogP contribution in [-0.2, 0) is 0 Å². The van der Waals surface area contributed by atoms with Crippen LogP contribution in [0.2, 0.25) is 0 Å². The molecule has 0 radical (unpaired) electrons. The summed E-state index contributed by atoms with van der Waals surface area (Å²) >= 11 is 0. The molecular formula is C7H15N3O. The van der Waals surface area contributed by atoms with Crippen molar-refractivity contribution >= 4 is 6.03 Å². The second kappa shape index (κ2) is 3.09. The van der Waals surface area contributed by atoms with Crippen molar-refractivity contribution in [3.05, 3.63) is 0 Å². The number of nitrogens with zero attached hydrogens (tertiary/aromatic N) is 2. The first kappa shape index (κ1) is 8.33. The molecule has 4 nitrogen and oxygen atoms in total. The molecule has 1 heterocycles. The first-order chi connectivity index (χ1) is 5.11. The first-order valence-corrected chi connectivity index (χ1v) is 3.84. The molecule has 64 valence electrons. The molecule has 0 atom stereocenters. The van der Waals surface area contributed by atoms with Crippen molar-refractivity contribution in [3.8, 4) is 0 Å². The van der Waals surface area contributed by atoms with Crippen molar-refractivity contribution in [1.29, 1.82) is 0 Å². The van der Waals surface area contributed by atoms with Gasteiger partial charge < -0.3 is 10.2 Å². The van der Waals surface area contributed by atoms with Gasteiger partial charge in [-0.2, -0.15) is 0 Å². The number of amides is 2. The van der Waals surface area contributed by atoms with Gasteiger partial charge in [-0.25, -0.2) is 4.79 Å². The summed E-state index contributed by atoms with van der Waals surface area (Å²) in [5.41, 5.74) is 0. The van der Waals surface area contributed by atoms with E-state index < -0.39 is 0 Å². The molecule has 4 heteroatoms. The van der Waals surface area contributed by atoms with E-state index in [-0.39, 0.29) is 6.03 Å². The van der Waals surface area contributed by atoms with Crippen LogP contribution in [0.5, 0.6) is 0 Å². The van der Waals surface area contributed by atoms with Gasteiger partial charge in [0.15, 0.2) is 0 Å². The number of rotatable bonds is 1. The van der Waals surface area contributed by atoms with Crippen molar-refractivity contribution in [3.63, 3.8) is 0 Å². The molecule has 0 aliphatic carbocycles. The lowest BCUT2D eigenvalue weighted by Gasteiger charge is -2.36. The number of hydrogen-bond acceptors (Lipinski definition) is 2. The maximum Gasteiger partial charge on any atom is 0.319 e. The Morgan fingerprint density at radius 1 is 1.55 bits per heavy atom. The molecule has 0 aromatic heterocycles. The number of carbonyl (C=O) groups excluding carboxylic acids is 1. The van der Waals surface area contributed by atoms with Gasteiger partial charge in [-0.05, 0) is 13.8 Å². The molecule has 0 unspecified atom stereocenters. The topological polar surface area (TPSA) is 35.6 Å². The van der Waals surface area contributed by atoms with Gasteiger partial charge in [-0.3, -0.25) is 4.90 Å². The van der Waals surface area contributed by atoms with Crippen LogP contribution in [0.4, 0.5) is 4.79 Å². The molecule has 1 fully saturated rings. The fourth-order valence-electron chi connectivity index (χ4n) is 1.04. The standard InChI is InChI=1S/C7H15N3O/c1-6(2)10-4-8-7(11)9(3)5-10/h6H,4-5H2,1-3H3,(H,8,11). The highest BCUT2D eigenvalue weighted by molar-refractivity contribution is 5.74. The average molecular weight is 157 g/mol. The van der Waals surface area contributed by atoms with Crippen molar-refractivity contribution in [2.45, 2.75) is 19.9 Å². The van der Waals surface area contributed by atoms with Crippen LogP contribution in [0.3, 0.4) is 0 Å². The van der Waals surface area contributed by atoms with Crippen molar-refractivity contribution in [2.24, 2.45) is 0 Å². The first-order valence-electron chi connectivity index (χ1n) is 3.84. The van der Waals surface area contributed by atoms with Gasteiger partial charge in [-0.15, -0.1) is 0 Å². The monoisotopic (exact) mass is 157 g/mol. The second-order valence-corrected chi connectivity index (χ2v) is 3.16. The summed E-state index contributed by atoms with van der Waals surface area (Å²) in [7, 11) is 1.80. The van der Waals surface area contributed by atoms with Crippen LogP contribution in [0.15, 0.2) is 0 Å². The fraction of sp³-hybridized carbons (Fsp3) is 0.857. The zero-order valence-electron chi connectivity index (χ0n) is 7.29. The zero-order valence-corrected chi connectivity index (χ0v) is 7.29. The minimum Gasteiger partial charge on any atom is -0.325 e. The summed E-state index contributed by atoms with van der Waals surface area (Å²) in [5.74, 6) is 0. The maximum absolute atomic E-state index is 11.0. The molecule has 1 N–H and O–H groups in total. The highest BCUT2D eigenvalue weighted by atomic mass is 16.2. The number of urea groups is 1. The molecule has 1 aliphatic rings. The molecule has 11 heavy (non-hydrogen) atoms. The normalized spacial score (nSPS) is 20.7. The quantitative estimate of drug-likeness (QED) is 0.593. The Kier molecular flexibility index (Phi) is 2.34. The Bertz CT molecular complexity index is 158. The third-order valence-corrected chi connectivity index (χ3v) is 1.90. The maximum atomic E-state index is 11.0. The van der Waals surface area contributed by atoms with Crippen molar-refractivity contribution in [2.75, 3.05) is 20.4 Å². The van der Waals surface area contributed by atoms with Crippen LogP contribution < -0.4 is 5.32 Å². The van der Waals surface area contributed by atoms with E-state index in [1.807, 2.05) is 0 Å². The molecule has 0 spiro atoms. The number of nitrogens with one attached hydrogen (secondary N) is 1. The van der Waals surface area contributed by atoms with Crippen LogP contribution in [0, 0.1) is 0 Å². The molecule has 0 aromatic carbocycles. The van der Waals surface area contributed by atoms with E-state index in [1.54, 1.807) is 11.9 Å². The minimum absolute atomic E-state index is 0.0156. The predicted molar refractivity (Wildman–Crippen MR) is 43.0 cm³/mol. The van der Waals surface area contributed by atoms with E-state index >= 15 is 0 Å². The lowest BCUT2D eigenvalue weighted by atomic mass is 10.3. The third-order valence-electron chi connectivity index (χ3n) is 1.90. The zero-order chi connectivity index (χ0) is 8.43. The Labute approximate surface area is 67.2 Å². The molecule has 1 rings (SSSR count). The molecule has 0 aromatic rings. The van der Waals surface area contributed by atoms with Gasteiger partial charge in [0.25, 0.3) is 0 Å². The summed E-state index contributed by atoms with van der Waals surface area (Å²) in [6.07, 6.45) is 0. The van der Waals surface area contributed by atoms with E-state index in [1.165, 1.54) is 0 Å². The molecular weight excluding hydrogens is 142 g/mol. The van der Waals surface area contributed by atoms with Gasteiger partial charge >= 0.3 is 6.03 Å². The number of carbonyl (C=O) groups is 1. The van der Waals surface area contributed by atoms with Crippen molar-refractivity contribution < 1.29 is 4.79 Å². The Hall–Kier alpha value is -0.770. The van der Waals surface area contributed by atoms with Gasteiger partial charge in [0.1, 0.15) is 0 Å². The minimum atomic E-state index is 0.0156. The smallest absolute Gasteiger partial charge is 0.319 e. The Balaban J connectivity index is 2.46. The highest BCUT2D eigenvalue weighted by Gasteiger charge is 2.20. The number of hydrogen-bond donors (Lipinski definition) is 1. The van der Waals surface area contributed by atoms with Gasteiger partial charge in [0.2, 0.25) is 0 Å². The van der Waals surface area contributed by atoms with Crippen LogP contribution in [0.1, 0.15) is 13.8 Å². The third kappa shape index (κ3) is 1.83. The molecule has 0 saturated carbocycles. The summed E-state index contributed by atoms with van der Waals surface area (Å²) in [4.78, 5) is 14.8. The second-order valence-electron chi connectivity index (χ2n) is 3.16. The lowest BCUT2D eigenvalue weighted by molar-refractivity contribution is 0.0933.